The van der Waals surface area contributed by atoms with Gasteiger partial charge < -0.3 is 10.3 Å². The molecule has 4 aromatic rings. The molecule has 2 aromatic carbocycles. The van der Waals surface area contributed by atoms with E-state index in [1.54, 1.807) is 12.1 Å². The van der Waals surface area contributed by atoms with Crippen LogP contribution >= 0.6 is 0 Å². The van der Waals surface area contributed by atoms with Crippen LogP contribution in [-0.2, 0) is 18.4 Å². The number of amides is 1. The zero-order chi connectivity index (χ0) is 21.4. The first-order chi connectivity index (χ1) is 14.4. The third-order valence-electron chi connectivity index (χ3n) is 5.16. The summed E-state index contributed by atoms with van der Waals surface area (Å²) in [5, 5.41) is 18.5. The van der Waals surface area contributed by atoms with Gasteiger partial charge in [-0.25, -0.2) is 4.39 Å². The van der Waals surface area contributed by atoms with Crippen molar-refractivity contribution < 1.29 is 9.18 Å². The van der Waals surface area contributed by atoms with E-state index in [0.29, 0.717) is 11.3 Å². The highest BCUT2D eigenvalue weighted by Gasteiger charge is 2.24. The van der Waals surface area contributed by atoms with Crippen LogP contribution < -0.4 is 5.73 Å². The minimum absolute atomic E-state index is 0.0201. The third-order valence-corrected chi connectivity index (χ3v) is 5.16. The largest absolute Gasteiger partial charge is 0.369 e. The molecular formula is C22H19FN6O. The number of nitriles is 1. The van der Waals surface area contributed by atoms with Gasteiger partial charge in [0.25, 0.3) is 0 Å². The van der Waals surface area contributed by atoms with Crippen molar-refractivity contribution in [2.45, 2.75) is 19.4 Å². The van der Waals surface area contributed by atoms with Crippen molar-refractivity contribution in [3.05, 3.63) is 82.6 Å². The smallest absolute Gasteiger partial charge is 0.231 e. The molecule has 30 heavy (non-hydrogen) atoms. The summed E-state index contributed by atoms with van der Waals surface area (Å²) >= 11 is 0. The number of nitrogens with two attached hydrogens (primary N) is 1. The third kappa shape index (κ3) is 3.42. The minimum atomic E-state index is -0.750. The normalized spacial score (nSPS) is 12.1. The first-order valence-electron chi connectivity index (χ1n) is 9.31. The maximum atomic E-state index is 13.8. The Morgan fingerprint density at radius 3 is 2.80 bits per heavy atom. The number of carbonyl (C=O) groups excluding carboxylic acids is 1. The summed E-state index contributed by atoms with van der Waals surface area (Å²) in [5.41, 5.74) is 9.60. The van der Waals surface area contributed by atoms with Crippen molar-refractivity contribution in [1.82, 2.24) is 19.6 Å². The van der Waals surface area contributed by atoms with Gasteiger partial charge in [-0.05, 0) is 47.9 Å². The molecule has 0 aliphatic rings. The van der Waals surface area contributed by atoms with Crippen LogP contribution in [0.2, 0.25) is 0 Å². The summed E-state index contributed by atoms with van der Waals surface area (Å²) in [5.74, 6) is -1.87. The molecule has 0 bridgehead atoms. The highest BCUT2D eigenvalue weighted by atomic mass is 19.1. The van der Waals surface area contributed by atoms with Crippen LogP contribution in [0.25, 0.3) is 10.9 Å². The number of primary amides is 1. The van der Waals surface area contributed by atoms with E-state index in [0.717, 1.165) is 22.0 Å². The summed E-state index contributed by atoms with van der Waals surface area (Å²) in [6, 6.07) is 11.9. The average Bonchev–Trinajstić information content (AvgIpc) is 3.26. The minimum Gasteiger partial charge on any atom is -0.369 e. The van der Waals surface area contributed by atoms with E-state index >= 15 is 0 Å². The molecule has 1 unspecified atom stereocenters. The summed E-state index contributed by atoms with van der Waals surface area (Å²) < 4.78 is 15.9. The Labute approximate surface area is 172 Å². The van der Waals surface area contributed by atoms with Crippen LogP contribution in [0.4, 0.5) is 4.39 Å². The Hall–Kier alpha value is -3.99. The fraction of sp³-hybridized carbons (Fsp3) is 0.182. The lowest BCUT2D eigenvalue weighted by atomic mass is 9.94. The van der Waals surface area contributed by atoms with Crippen LogP contribution in [0.3, 0.4) is 0 Å². The van der Waals surface area contributed by atoms with E-state index in [9.17, 15) is 9.18 Å². The Balaban J connectivity index is 1.66. The van der Waals surface area contributed by atoms with E-state index in [-0.39, 0.29) is 12.1 Å². The molecule has 4 rings (SSSR count). The molecule has 0 saturated carbocycles. The molecule has 1 atom stereocenters. The van der Waals surface area contributed by atoms with Gasteiger partial charge in [0.05, 0.1) is 24.0 Å². The number of aromatic nitrogens is 4. The van der Waals surface area contributed by atoms with E-state index in [2.05, 4.69) is 10.2 Å². The molecule has 8 heteroatoms. The average molecular weight is 402 g/mol. The van der Waals surface area contributed by atoms with Gasteiger partial charge in [-0.2, -0.15) is 20.3 Å². The van der Waals surface area contributed by atoms with Gasteiger partial charge in [0.2, 0.25) is 5.91 Å². The molecule has 0 fully saturated rings. The maximum Gasteiger partial charge on any atom is 0.231 e. The van der Waals surface area contributed by atoms with Crippen molar-refractivity contribution in [2.24, 2.45) is 12.8 Å². The zero-order valence-corrected chi connectivity index (χ0v) is 16.5. The van der Waals surface area contributed by atoms with Crippen molar-refractivity contribution in [2.75, 3.05) is 0 Å². The Morgan fingerprint density at radius 1 is 1.30 bits per heavy atom. The molecule has 2 N–H and O–H groups in total. The highest BCUT2D eigenvalue weighted by Crippen LogP contribution is 2.28. The lowest BCUT2D eigenvalue weighted by Crippen LogP contribution is -2.23. The van der Waals surface area contributed by atoms with Crippen LogP contribution in [0, 0.1) is 24.1 Å². The second-order valence-electron chi connectivity index (χ2n) is 7.26. The Morgan fingerprint density at radius 2 is 2.10 bits per heavy atom. The van der Waals surface area contributed by atoms with Crippen molar-refractivity contribution in [1.29, 1.82) is 5.26 Å². The number of carbonyl (C=O) groups is 1. The van der Waals surface area contributed by atoms with E-state index in [1.165, 1.54) is 23.1 Å². The highest BCUT2D eigenvalue weighted by molar-refractivity contribution is 5.89. The van der Waals surface area contributed by atoms with Crippen molar-refractivity contribution in [3.8, 4) is 6.07 Å². The number of benzene rings is 2. The molecule has 7 nitrogen and oxygen atoms in total. The number of hydrogen-bond acceptors (Lipinski definition) is 4. The van der Waals surface area contributed by atoms with Crippen LogP contribution in [0.1, 0.15) is 33.9 Å². The quantitative estimate of drug-likeness (QED) is 0.554. The molecule has 1 amide bonds. The van der Waals surface area contributed by atoms with Crippen LogP contribution in [0.15, 0.2) is 48.8 Å². The van der Waals surface area contributed by atoms with Gasteiger partial charge in [-0.15, -0.1) is 0 Å². The maximum absolute atomic E-state index is 13.8. The molecule has 0 aliphatic heterocycles. The molecule has 2 heterocycles. The summed E-state index contributed by atoms with van der Waals surface area (Å²) in [7, 11) is 1.97. The van der Waals surface area contributed by atoms with E-state index in [1.807, 2.05) is 42.9 Å². The van der Waals surface area contributed by atoms with Crippen molar-refractivity contribution >= 4 is 16.8 Å². The number of aryl methyl sites for hydroxylation is 2. The monoisotopic (exact) mass is 402 g/mol. The van der Waals surface area contributed by atoms with Crippen LogP contribution in [-0.4, -0.2) is 25.5 Å². The van der Waals surface area contributed by atoms with E-state index < -0.39 is 17.6 Å². The number of halogens is 1. The summed E-state index contributed by atoms with van der Waals surface area (Å²) in [4.78, 5) is 13.6. The van der Waals surface area contributed by atoms with Gasteiger partial charge in [-0.3, -0.25) is 4.79 Å². The molecule has 0 saturated heterocycles. The second kappa shape index (κ2) is 7.44. The predicted molar refractivity (Wildman–Crippen MR) is 109 cm³/mol. The zero-order valence-electron chi connectivity index (χ0n) is 16.5. The number of rotatable bonds is 5. The SMILES string of the molecule is Cc1cn(C)c2ccc(C(C(N)=O)c3cnn(Cc4ccc(C#N)c(F)c4)n3)cc12. The Kier molecular flexibility index (Phi) is 4.80. The topological polar surface area (TPSA) is 103 Å². The standard InChI is InChI=1S/C22H19FN6O/c1-13-11-28(2)20-6-5-15(8-17(13)20)21(22(25)30)19-10-26-29(27-19)12-14-3-4-16(9-24)18(23)7-14/h3-8,10-11,21H,12H2,1-2H3,(H2,25,30). The number of hydrogen-bond donors (Lipinski definition) is 1. The molecule has 0 spiro atoms. The Bertz CT molecular complexity index is 1310. The lowest BCUT2D eigenvalue weighted by molar-refractivity contribution is -0.118. The first-order valence-corrected chi connectivity index (χ1v) is 9.31. The van der Waals surface area contributed by atoms with Gasteiger partial charge in [0.15, 0.2) is 0 Å². The second-order valence-corrected chi connectivity index (χ2v) is 7.26. The van der Waals surface area contributed by atoms with Crippen molar-refractivity contribution in [3.63, 3.8) is 0 Å². The summed E-state index contributed by atoms with van der Waals surface area (Å²) in [6.07, 6.45) is 3.53. The van der Waals surface area contributed by atoms with Gasteiger partial charge in [-0.1, -0.05) is 12.1 Å². The summed E-state index contributed by atoms with van der Waals surface area (Å²) in [6.45, 7) is 2.21. The fourth-order valence-electron chi connectivity index (χ4n) is 3.70. The van der Waals surface area contributed by atoms with Gasteiger partial charge in [0.1, 0.15) is 17.8 Å². The predicted octanol–water partition coefficient (Wildman–Crippen LogP) is 2.75. The first kappa shape index (κ1) is 19.3. The van der Waals surface area contributed by atoms with Crippen LogP contribution in [0.5, 0.6) is 0 Å². The number of fused-ring (bicyclic) bond motifs is 1. The van der Waals surface area contributed by atoms with E-state index in [4.69, 9.17) is 11.0 Å². The molecule has 0 aliphatic carbocycles. The van der Waals surface area contributed by atoms with Gasteiger partial charge in [0, 0.05) is 24.1 Å². The fourth-order valence-corrected chi connectivity index (χ4v) is 3.70. The number of nitrogens with zero attached hydrogens (tertiary/aromatic N) is 5. The molecule has 2 aromatic heterocycles. The molecular weight excluding hydrogens is 383 g/mol. The van der Waals surface area contributed by atoms with Gasteiger partial charge >= 0.3 is 0 Å². The molecule has 150 valence electrons. The lowest BCUT2D eigenvalue weighted by Gasteiger charge is -2.11. The molecule has 0 radical (unpaired) electrons.